The molecule has 0 aliphatic heterocycles. The van der Waals surface area contributed by atoms with E-state index in [2.05, 4.69) is 10.6 Å². The Hall–Kier alpha value is -1.90. The minimum absolute atomic E-state index is 0.106. The third-order valence-electron chi connectivity index (χ3n) is 5.02. The Kier molecular flexibility index (Phi) is 4.17. The second-order valence-electron chi connectivity index (χ2n) is 6.93. The van der Waals surface area contributed by atoms with Gasteiger partial charge in [0.1, 0.15) is 0 Å². The molecule has 138 valence electrons. The van der Waals surface area contributed by atoms with Crippen LogP contribution in [0, 0.1) is 5.41 Å². The average Bonchev–Trinajstić information content (AvgIpc) is 2.45. The van der Waals surface area contributed by atoms with E-state index < -0.39 is 47.8 Å². The number of amides is 2. The van der Waals surface area contributed by atoms with E-state index in [9.17, 15) is 31.9 Å². The van der Waals surface area contributed by atoms with Gasteiger partial charge < -0.3 is 15.7 Å². The van der Waals surface area contributed by atoms with Crippen LogP contribution in [0.2, 0.25) is 0 Å². The predicted molar refractivity (Wildman–Crippen MR) is 78.0 cm³/mol. The van der Waals surface area contributed by atoms with Gasteiger partial charge in [-0.1, -0.05) is 12.1 Å². The number of halogens is 5. The Balaban J connectivity index is 1.61. The fourth-order valence-corrected chi connectivity index (χ4v) is 3.83. The number of carbonyl (C=O) groups excluding carboxylic acids is 1. The lowest BCUT2D eigenvalue weighted by Crippen LogP contribution is -2.77. The Labute approximate surface area is 140 Å². The summed E-state index contributed by atoms with van der Waals surface area (Å²) >= 11 is 0. The number of nitrogens with one attached hydrogen (secondary N) is 2. The van der Waals surface area contributed by atoms with Crippen molar-refractivity contribution in [2.75, 3.05) is 6.61 Å². The second kappa shape index (κ2) is 5.82. The Morgan fingerprint density at radius 1 is 1.24 bits per heavy atom. The molecule has 2 amide bonds. The SMILES string of the molecule is O=C(NC(CO)c1cccc(C(F)(F)F)c1)NC12CC(C(F)F)(C1)C2. The summed E-state index contributed by atoms with van der Waals surface area (Å²) in [5.74, 6) is 0. The highest BCUT2D eigenvalue weighted by Gasteiger charge is 2.72. The van der Waals surface area contributed by atoms with Crippen LogP contribution in [0.3, 0.4) is 0 Å². The van der Waals surface area contributed by atoms with Crippen LogP contribution >= 0.6 is 0 Å². The maximum absolute atomic E-state index is 12.8. The van der Waals surface area contributed by atoms with Crippen molar-refractivity contribution in [1.29, 1.82) is 0 Å². The summed E-state index contributed by atoms with van der Waals surface area (Å²) < 4.78 is 63.8. The van der Waals surface area contributed by atoms with Crippen molar-refractivity contribution >= 4 is 6.03 Å². The van der Waals surface area contributed by atoms with Crippen molar-refractivity contribution in [3.05, 3.63) is 35.4 Å². The van der Waals surface area contributed by atoms with Gasteiger partial charge in [-0.15, -0.1) is 0 Å². The average molecular weight is 364 g/mol. The van der Waals surface area contributed by atoms with E-state index in [1.165, 1.54) is 12.1 Å². The molecule has 4 nitrogen and oxygen atoms in total. The van der Waals surface area contributed by atoms with Gasteiger partial charge in [0.15, 0.2) is 0 Å². The van der Waals surface area contributed by atoms with Gasteiger partial charge >= 0.3 is 12.2 Å². The van der Waals surface area contributed by atoms with E-state index >= 15 is 0 Å². The van der Waals surface area contributed by atoms with Crippen LogP contribution in [-0.4, -0.2) is 29.7 Å². The van der Waals surface area contributed by atoms with Gasteiger partial charge in [-0.3, -0.25) is 0 Å². The fourth-order valence-electron chi connectivity index (χ4n) is 3.83. The lowest BCUT2D eigenvalue weighted by molar-refractivity contribution is -0.223. The summed E-state index contributed by atoms with van der Waals surface area (Å²) in [5.41, 5.74) is -2.43. The monoisotopic (exact) mass is 364 g/mol. The summed E-state index contributed by atoms with van der Waals surface area (Å²) in [4.78, 5) is 12.0. The second-order valence-corrected chi connectivity index (χ2v) is 6.93. The summed E-state index contributed by atoms with van der Waals surface area (Å²) in [6.45, 7) is -0.595. The topological polar surface area (TPSA) is 61.4 Å². The molecule has 3 fully saturated rings. The van der Waals surface area contributed by atoms with Gasteiger partial charge in [0.05, 0.1) is 18.2 Å². The van der Waals surface area contributed by atoms with E-state index in [0.717, 1.165) is 12.1 Å². The summed E-state index contributed by atoms with van der Waals surface area (Å²) in [7, 11) is 0. The Bertz CT molecular complexity index is 657. The number of aliphatic hydroxyl groups is 1. The van der Waals surface area contributed by atoms with Gasteiger partial charge in [0, 0.05) is 11.0 Å². The first kappa shape index (κ1) is 17.9. The lowest BCUT2D eigenvalue weighted by atomic mass is 9.39. The van der Waals surface area contributed by atoms with Crippen LogP contribution in [0.15, 0.2) is 24.3 Å². The first-order valence-corrected chi connectivity index (χ1v) is 7.74. The van der Waals surface area contributed by atoms with Crippen LogP contribution in [0.1, 0.15) is 36.4 Å². The number of urea groups is 1. The largest absolute Gasteiger partial charge is 0.416 e. The van der Waals surface area contributed by atoms with E-state index in [4.69, 9.17) is 0 Å². The smallest absolute Gasteiger partial charge is 0.394 e. The fraction of sp³-hybridized carbons (Fsp3) is 0.562. The van der Waals surface area contributed by atoms with Crippen LogP contribution < -0.4 is 10.6 Å². The molecular weight excluding hydrogens is 347 g/mol. The molecule has 0 radical (unpaired) electrons. The molecule has 4 rings (SSSR count). The molecule has 2 bridgehead atoms. The molecular formula is C16H17F5N2O2. The molecule has 3 saturated carbocycles. The number of alkyl halides is 5. The van der Waals surface area contributed by atoms with Crippen molar-refractivity contribution < 1.29 is 31.9 Å². The highest BCUT2D eigenvalue weighted by atomic mass is 19.4. The van der Waals surface area contributed by atoms with Crippen molar-refractivity contribution in [2.24, 2.45) is 5.41 Å². The summed E-state index contributed by atoms with van der Waals surface area (Å²) in [6, 6.07) is 2.58. The number of hydrogen-bond donors (Lipinski definition) is 3. The van der Waals surface area contributed by atoms with Crippen molar-refractivity contribution in [3.63, 3.8) is 0 Å². The molecule has 9 heteroatoms. The third kappa shape index (κ3) is 3.17. The van der Waals surface area contributed by atoms with Gasteiger partial charge in [0.2, 0.25) is 6.43 Å². The lowest BCUT2D eigenvalue weighted by Gasteiger charge is -2.69. The van der Waals surface area contributed by atoms with Gasteiger partial charge in [0.25, 0.3) is 0 Å². The zero-order chi connectivity index (χ0) is 18.5. The van der Waals surface area contributed by atoms with E-state index in [1.807, 2.05) is 0 Å². The third-order valence-corrected chi connectivity index (χ3v) is 5.02. The van der Waals surface area contributed by atoms with E-state index in [0.29, 0.717) is 0 Å². The first-order valence-electron chi connectivity index (χ1n) is 7.74. The molecule has 0 spiro atoms. The number of benzene rings is 1. The summed E-state index contributed by atoms with van der Waals surface area (Å²) in [5, 5.41) is 14.4. The standard InChI is InChI=1S/C16H17F5N2O2/c17-12(18)14-6-15(7-14,8-14)23-13(25)22-11(5-24)9-2-1-3-10(4-9)16(19,20)21/h1-4,11-12,24H,5-8H2,(H2,22,23,25). The minimum Gasteiger partial charge on any atom is -0.394 e. The van der Waals surface area contributed by atoms with Crippen molar-refractivity contribution in [3.8, 4) is 0 Å². The first-order chi connectivity index (χ1) is 11.6. The number of aliphatic hydroxyl groups excluding tert-OH is 1. The highest BCUT2D eigenvalue weighted by molar-refractivity contribution is 5.76. The molecule has 1 atom stereocenters. The molecule has 3 aliphatic rings. The molecule has 3 aliphatic carbocycles. The molecule has 25 heavy (non-hydrogen) atoms. The molecule has 0 aromatic heterocycles. The van der Waals surface area contributed by atoms with Crippen LogP contribution in [-0.2, 0) is 6.18 Å². The molecule has 0 saturated heterocycles. The Morgan fingerprint density at radius 3 is 2.40 bits per heavy atom. The minimum atomic E-state index is -4.53. The molecule has 1 aromatic rings. The number of rotatable bonds is 5. The zero-order valence-electron chi connectivity index (χ0n) is 13.0. The normalized spacial score (nSPS) is 28.8. The van der Waals surface area contributed by atoms with Gasteiger partial charge in [-0.25, -0.2) is 13.6 Å². The maximum atomic E-state index is 12.8. The number of carbonyl (C=O) groups is 1. The van der Waals surface area contributed by atoms with Crippen molar-refractivity contribution in [1.82, 2.24) is 10.6 Å². The molecule has 1 unspecified atom stereocenters. The van der Waals surface area contributed by atoms with Crippen LogP contribution in [0.25, 0.3) is 0 Å². The van der Waals surface area contributed by atoms with Gasteiger partial charge in [-0.05, 0) is 37.0 Å². The van der Waals surface area contributed by atoms with E-state index in [-0.39, 0.29) is 24.8 Å². The quantitative estimate of drug-likeness (QED) is 0.703. The predicted octanol–water partition coefficient (Wildman–Crippen LogP) is 3.23. The molecule has 3 N–H and O–H groups in total. The van der Waals surface area contributed by atoms with E-state index in [1.54, 1.807) is 0 Å². The van der Waals surface area contributed by atoms with Crippen LogP contribution in [0.4, 0.5) is 26.7 Å². The Morgan fingerprint density at radius 2 is 1.88 bits per heavy atom. The van der Waals surface area contributed by atoms with Gasteiger partial charge in [-0.2, -0.15) is 13.2 Å². The molecule has 1 aromatic carbocycles. The summed E-state index contributed by atoms with van der Waals surface area (Å²) in [6.07, 6.45) is -6.38. The van der Waals surface area contributed by atoms with Crippen molar-refractivity contribution in [2.45, 2.75) is 43.4 Å². The molecule has 0 heterocycles. The maximum Gasteiger partial charge on any atom is 0.416 e. The number of hydrogen-bond acceptors (Lipinski definition) is 2. The van der Waals surface area contributed by atoms with Crippen LogP contribution in [0.5, 0.6) is 0 Å². The highest BCUT2D eigenvalue weighted by Crippen LogP contribution is 2.69. The zero-order valence-corrected chi connectivity index (χ0v) is 13.0.